The average Bonchev–Trinajstić information content (AvgIpc) is 3.45. The van der Waals surface area contributed by atoms with Gasteiger partial charge in [-0.2, -0.15) is 0 Å². The van der Waals surface area contributed by atoms with Crippen LogP contribution in [0.2, 0.25) is 0 Å². The zero-order valence-corrected chi connectivity index (χ0v) is 20.6. The van der Waals surface area contributed by atoms with E-state index in [0.717, 1.165) is 41.5 Å². The van der Waals surface area contributed by atoms with E-state index >= 15 is 0 Å². The molecule has 1 saturated carbocycles. The number of carbonyl (C=O) groups is 2. The maximum absolute atomic E-state index is 12.5. The molecule has 0 unspecified atom stereocenters. The van der Waals surface area contributed by atoms with Gasteiger partial charge in [0.25, 0.3) is 0 Å². The molecule has 2 aliphatic rings. The highest BCUT2D eigenvalue weighted by molar-refractivity contribution is 6.01. The van der Waals surface area contributed by atoms with Gasteiger partial charge in [0.1, 0.15) is 12.2 Å². The first-order chi connectivity index (χ1) is 16.3. The number of hydrogen-bond donors (Lipinski definition) is 0. The molecule has 0 N–H and O–H groups in total. The second-order valence-corrected chi connectivity index (χ2v) is 9.85. The van der Waals surface area contributed by atoms with E-state index in [2.05, 4.69) is 0 Å². The maximum atomic E-state index is 12.5. The van der Waals surface area contributed by atoms with Crippen LogP contribution in [-0.4, -0.2) is 38.2 Å². The number of hydrogen-bond acceptors (Lipinski definition) is 6. The third kappa shape index (κ3) is 5.21. The summed E-state index contributed by atoms with van der Waals surface area (Å²) in [5.41, 5.74) is 2.78. The standard InChI is InChI=1S/C28H34O6/c1-28(2,34-25(30)15-18-7-5-6-8-18)17-33-26-22(12-14-24(31-3)27(26)32-4)20-9-11-21-19(16-20)10-13-23(21)29/h9,11-12,14,16,18H,5-8,10,13,15,17H2,1-4H3. The van der Waals surface area contributed by atoms with Gasteiger partial charge < -0.3 is 18.9 Å². The predicted octanol–water partition coefficient (Wildman–Crippen LogP) is 5.78. The van der Waals surface area contributed by atoms with E-state index in [-0.39, 0.29) is 18.4 Å². The summed E-state index contributed by atoms with van der Waals surface area (Å²) in [5.74, 6) is 1.98. The van der Waals surface area contributed by atoms with Gasteiger partial charge in [0.15, 0.2) is 17.3 Å². The van der Waals surface area contributed by atoms with E-state index in [0.29, 0.717) is 36.0 Å². The smallest absolute Gasteiger partial charge is 0.306 e. The molecule has 0 spiro atoms. The van der Waals surface area contributed by atoms with Gasteiger partial charge in [0.05, 0.1) is 14.2 Å². The van der Waals surface area contributed by atoms with E-state index in [1.807, 2.05) is 44.2 Å². The molecule has 1 fully saturated rings. The highest BCUT2D eigenvalue weighted by Crippen LogP contribution is 2.45. The molecular formula is C28H34O6. The van der Waals surface area contributed by atoms with Crippen molar-refractivity contribution in [1.82, 2.24) is 0 Å². The quantitative estimate of drug-likeness (QED) is 0.436. The third-order valence-corrected chi connectivity index (χ3v) is 6.72. The SMILES string of the molecule is COc1ccc(-c2ccc3c(c2)CCC3=O)c(OCC(C)(C)OC(=O)CC2CCCC2)c1OC. The Balaban J connectivity index is 1.57. The van der Waals surface area contributed by atoms with Crippen LogP contribution in [0.15, 0.2) is 30.3 Å². The van der Waals surface area contributed by atoms with Crippen LogP contribution in [-0.2, 0) is 16.0 Å². The lowest BCUT2D eigenvalue weighted by atomic mass is 9.99. The van der Waals surface area contributed by atoms with Crippen LogP contribution in [0.5, 0.6) is 17.2 Å². The fraction of sp³-hybridized carbons (Fsp3) is 0.500. The molecule has 0 bridgehead atoms. The molecule has 0 radical (unpaired) electrons. The Morgan fingerprint density at radius 3 is 2.41 bits per heavy atom. The normalized spacial score (nSPS) is 15.8. The van der Waals surface area contributed by atoms with Crippen molar-refractivity contribution in [3.63, 3.8) is 0 Å². The van der Waals surface area contributed by atoms with Crippen LogP contribution in [0.25, 0.3) is 11.1 Å². The number of methoxy groups -OCH3 is 2. The van der Waals surface area contributed by atoms with Gasteiger partial charge in [-0.3, -0.25) is 9.59 Å². The lowest BCUT2D eigenvalue weighted by Crippen LogP contribution is -2.35. The minimum atomic E-state index is -0.814. The number of carbonyl (C=O) groups excluding carboxylic acids is 2. The first-order valence-electron chi connectivity index (χ1n) is 12.1. The average molecular weight is 467 g/mol. The van der Waals surface area contributed by atoms with Crippen molar-refractivity contribution < 1.29 is 28.5 Å². The molecule has 0 saturated heterocycles. The summed E-state index contributed by atoms with van der Waals surface area (Å²) in [6.45, 7) is 3.86. The van der Waals surface area contributed by atoms with Crippen LogP contribution in [0.3, 0.4) is 0 Å². The van der Waals surface area contributed by atoms with E-state index in [4.69, 9.17) is 18.9 Å². The van der Waals surface area contributed by atoms with E-state index in [1.165, 1.54) is 12.8 Å². The Labute approximate surface area is 201 Å². The van der Waals surface area contributed by atoms with E-state index < -0.39 is 5.60 Å². The molecule has 182 valence electrons. The summed E-state index contributed by atoms with van der Waals surface area (Å²) in [4.78, 5) is 24.6. The lowest BCUT2D eigenvalue weighted by molar-refractivity contribution is -0.160. The van der Waals surface area contributed by atoms with Crippen molar-refractivity contribution in [1.29, 1.82) is 0 Å². The summed E-state index contributed by atoms with van der Waals surface area (Å²) in [6, 6.07) is 9.62. The second kappa shape index (κ2) is 10.1. The van der Waals surface area contributed by atoms with Gasteiger partial charge in [-0.05, 0) is 62.3 Å². The second-order valence-electron chi connectivity index (χ2n) is 9.85. The number of rotatable bonds is 9. The predicted molar refractivity (Wildman–Crippen MR) is 130 cm³/mol. The summed E-state index contributed by atoms with van der Waals surface area (Å²) in [7, 11) is 3.15. The Morgan fingerprint density at radius 2 is 1.71 bits per heavy atom. The van der Waals surface area contributed by atoms with Crippen LogP contribution >= 0.6 is 0 Å². The molecule has 2 aromatic rings. The number of ketones is 1. The molecule has 0 heterocycles. The van der Waals surface area contributed by atoms with Crippen molar-refractivity contribution in [2.75, 3.05) is 20.8 Å². The highest BCUT2D eigenvalue weighted by atomic mass is 16.6. The lowest BCUT2D eigenvalue weighted by Gasteiger charge is -2.27. The highest BCUT2D eigenvalue weighted by Gasteiger charge is 2.29. The first-order valence-corrected chi connectivity index (χ1v) is 12.1. The summed E-state index contributed by atoms with van der Waals surface area (Å²) >= 11 is 0. The summed E-state index contributed by atoms with van der Waals surface area (Å²) in [5, 5.41) is 0. The van der Waals surface area contributed by atoms with Gasteiger partial charge in [-0.25, -0.2) is 0 Å². The zero-order chi connectivity index (χ0) is 24.3. The van der Waals surface area contributed by atoms with E-state index in [9.17, 15) is 9.59 Å². The first kappa shape index (κ1) is 24.1. The number of benzene rings is 2. The van der Waals surface area contributed by atoms with Crippen molar-refractivity contribution in [2.45, 2.75) is 64.4 Å². The molecular weight excluding hydrogens is 432 g/mol. The van der Waals surface area contributed by atoms with Gasteiger partial charge in [0.2, 0.25) is 5.75 Å². The minimum Gasteiger partial charge on any atom is -0.493 e. The Bertz CT molecular complexity index is 1060. The fourth-order valence-electron chi connectivity index (χ4n) is 4.97. The number of aryl methyl sites for hydroxylation is 1. The molecule has 6 heteroatoms. The molecule has 4 rings (SSSR count). The molecule has 2 aromatic carbocycles. The van der Waals surface area contributed by atoms with Crippen molar-refractivity contribution in [3.05, 3.63) is 41.5 Å². The molecule has 0 atom stereocenters. The fourth-order valence-corrected chi connectivity index (χ4v) is 4.97. The van der Waals surface area contributed by atoms with Crippen LogP contribution in [0.4, 0.5) is 0 Å². The Kier molecular flexibility index (Phi) is 7.15. The Morgan fingerprint density at radius 1 is 0.971 bits per heavy atom. The summed E-state index contributed by atoms with van der Waals surface area (Å²) < 4.78 is 23.2. The number of fused-ring (bicyclic) bond motifs is 1. The van der Waals surface area contributed by atoms with Crippen LogP contribution in [0.1, 0.15) is 68.3 Å². The van der Waals surface area contributed by atoms with Crippen molar-refractivity contribution in [3.8, 4) is 28.4 Å². The molecule has 34 heavy (non-hydrogen) atoms. The van der Waals surface area contributed by atoms with Gasteiger partial charge >= 0.3 is 5.97 Å². The van der Waals surface area contributed by atoms with Crippen LogP contribution < -0.4 is 14.2 Å². The largest absolute Gasteiger partial charge is 0.493 e. The molecule has 0 amide bonds. The molecule has 2 aliphatic carbocycles. The van der Waals surface area contributed by atoms with Gasteiger partial charge in [0, 0.05) is 24.0 Å². The summed E-state index contributed by atoms with van der Waals surface area (Å²) in [6.07, 6.45) is 6.35. The van der Waals surface area contributed by atoms with Crippen LogP contribution in [0, 0.1) is 5.92 Å². The van der Waals surface area contributed by atoms with Crippen molar-refractivity contribution >= 4 is 11.8 Å². The zero-order valence-electron chi connectivity index (χ0n) is 20.6. The maximum Gasteiger partial charge on any atom is 0.306 e. The number of esters is 1. The van der Waals surface area contributed by atoms with E-state index in [1.54, 1.807) is 14.2 Å². The monoisotopic (exact) mass is 466 g/mol. The third-order valence-electron chi connectivity index (χ3n) is 6.72. The topological polar surface area (TPSA) is 71.1 Å². The number of ether oxygens (including phenoxy) is 4. The molecule has 0 aromatic heterocycles. The van der Waals surface area contributed by atoms with Gasteiger partial charge in [-0.15, -0.1) is 0 Å². The van der Waals surface area contributed by atoms with Crippen molar-refractivity contribution in [2.24, 2.45) is 5.92 Å². The number of Topliss-reactive ketones (excluding diaryl/α,β-unsaturated/α-hetero) is 1. The Hall–Kier alpha value is -3.02. The van der Waals surface area contributed by atoms with Gasteiger partial charge in [-0.1, -0.05) is 31.0 Å². The molecule has 6 nitrogen and oxygen atoms in total. The molecule has 0 aliphatic heterocycles. The minimum absolute atomic E-state index is 0.156.